The molecule has 0 spiro atoms. The van der Waals surface area contributed by atoms with Crippen LogP contribution in [0, 0.1) is 0 Å². The largest absolute Gasteiger partial charge is 0.322 e. The SMILES string of the molecule is CCCCNS(=O)(=O)c1cccc(NC(=O)c2ccc(NS(=O)(=O)c3ccccc3)cc2)c1. The summed E-state index contributed by atoms with van der Waals surface area (Å²) in [6.07, 6.45) is 1.60. The number of amides is 1. The van der Waals surface area contributed by atoms with E-state index in [1.807, 2.05) is 6.92 Å². The zero-order chi connectivity index (χ0) is 23.9. The number of hydrogen-bond acceptors (Lipinski definition) is 5. The molecule has 3 rings (SSSR count). The van der Waals surface area contributed by atoms with E-state index in [1.165, 1.54) is 48.5 Å². The van der Waals surface area contributed by atoms with Gasteiger partial charge in [-0.3, -0.25) is 9.52 Å². The Kier molecular flexibility index (Phi) is 7.85. The Hall–Kier alpha value is -3.21. The topological polar surface area (TPSA) is 121 Å². The summed E-state index contributed by atoms with van der Waals surface area (Å²) in [6.45, 7) is 2.31. The first kappa shape index (κ1) is 24.4. The Morgan fingerprint density at radius 1 is 0.758 bits per heavy atom. The highest BCUT2D eigenvalue weighted by atomic mass is 32.2. The van der Waals surface area contributed by atoms with Crippen molar-refractivity contribution < 1.29 is 21.6 Å². The van der Waals surface area contributed by atoms with Crippen LogP contribution in [0.3, 0.4) is 0 Å². The number of unbranched alkanes of at least 4 members (excludes halogenated alkanes) is 1. The first-order valence-corrected chi connectivity index (χ1v) is 13.3. The molecule has 174 valence electrons. The minimum absolute atomic E-state index is 0.0575. The fourth-order valence-corrected chi connectivity index (χ4v) is 5.11. The average molecular weight is 488 g/mol. The molecule has 0 aliphatic heterocycles. The molecule has 0 saturated carbocycles. The van der Waals surface area contributed by atoms with Crippen LogP contribution < -0.4 is 14.8 Å². The van der Waals surface area contributed by atoms with Crippen molar-refractivity contribution >= 4 is 37.3 Å². The molecule has 1 amide bonds. The first-order chi connectivity index (χ1) is 15.7. The van der Waals surface area contributed by atoms with Crippen molar-refractivity contribution in [3.63, 3.8) is 0 Å². The van der Waals surface area contributed by atoms with E-state index in [4.69, 9.17) is 0 Å². The minimum Gasteiger partial charge on any atom is -0.322 e. The number of nitrogens with one attached hydrogen (secondary N) is 3. The van der Waals surface area contributed by atoms with E-state index in [2.05, 4.69) is 14.8 Å². The fourth-order valence-electron chi connectivity index (χ4n) is 2.91. The van der Waals surface area contributed by atoms with Crippen molar-refractivity contribution in [2.45, 2.75) is 29.6 Å². The van der Waals surface area contributed by atoms with Crippen LogP contribution in [-0.4, -0.2) is 29.3 Å². The molecule has 3 N–H and O–H groups in total. The lowest BCUT2D eigenvalue weighted by atomic mass is 10.2. The third-order valence-corrected chi connectivity index (χ3v) is 7.53. The van der Waals surface area contributed by atoms with Crippen LogP contribution in [0.4, 0.5) is 11.4 Å². The molecule has 8 nitrogen and oxygen atoms in total. The Balaban J connectivity index is 1.68. The highest BCUT2D eigenvalue weighted by molar-refractivity contribution is 7.92. The zero-order valence-electron chi connectivity index (χ0n) is 18.0. The first-order valence-electron chi connectivity index (χ1n) is 10.3. The third kappa shape index (κ3) is 6.64. The molecule has 3 aromatic rings. The van der Waals surface area contributed by atoms with Gasteiger partial charge in [-0.1, -0.05) is 37.6 Å². The Labute approximate surface area is 194 Å². The molecular formula is C23H25N3O5S2. The van der Waals surface area contributed by atoms with Crippen molar-refractivity contribution in [2.24, 2.45) is 0 Å². The standard InChI is InChI=1S/C23H25N3O5S2/c1-2-3-16-24-32(28,29)22-11-7-8-20(17-22)25-23(27)18-12-14-19(15-13-18)26-33(30,31)21-9-5-4-6-10-21/h4-15,17,24,26H,2-3,16H2,1H3,(H,25,27). The predicted octanol–water partition coefficient (Wildman–Crippen LogP) is 3.82. The van der Waals surface area contributed by atoms with Gasteiger partial charge in [0.25, 0.3) is 15.9 Å². The van der Waals surface area contributed by atoms with Gasteiger partial charge in [0.1, 0.15) is 0 Å². The smallest absolute Gasteiger partial charge is 0.261 e. The van der Waals surface area contributed by atoms with E-state index in [1.54, 1.807) is 30.3 Å². The molecule has 0 aromatic heterocycles. The number of anilines is 2. The summed E-state index contributed by atoms with van der Waals surface area (Å²) in [6, 6.07) is 19.8. The van der Waals surface area contributed by atoms with E-state index in [-0.39, 0.29) is 15.4 Å². The monoisotopic (exact) mass is 487 g/mol. The Morgan fingerprint density at radius 3 is 2.09 bits per heavy atom. The van der Waals surface area contributed by atoms with Gasteiger partial charge in [0.15, 0.2) is 0 Å². The molecule has 0 atom stereocenters. The van der Waals surface area contributed by atoms with Crippen molar-refractivity contribution in [3.05, 3.63) is 84.4 Å². The van der Waals surface area contributed by atoms with Crippen LogP contribution in [0.1, 0.15) is 30.1 Å². The molecule has 0 radical (unpaired) electrons. The summed E-state index contributed by atoms with van der Waals surface area (Å²) in [5, 5.41) is 2.66. The quantitative estimate of drug-likeness (QED) is 0.375. The van der Waals surface area contributed by atoms with Crippen molar-refractivity contribution in [1.82, 2.24) is 4.72 Å². The second-order valence-corrected chi connectivity index (χ2v) is 10.7. The summed E-state index contributed by atoms with van der Waals surface area (Å²) in [5.41, 5.74) is 0.917. The predicted molar refractivity (Wildman–Crippen MR) is 128 cm³/mol. The third-order valence-electron chi connectivity index (χ3n) is 4.68. The van der Waals surface area contributed by atoms with Crippen LogP contribution in [0.25, 0.3) is 0 Å². The number of sulfonamides is 2. The molecule has 0 aliphatic rings. The molecule has 10 heteroatoms. The number of carbonyl (C=O) groups excluding carboxylic acids is 1. The summed E-state index contributed by atoms with van der Waals surface area (Å²) < 4.78 is 54.6. The minimum atomic E-state index is -3.74. The lowest BCUT2D eigenvalue weighted by molar-refractivity contribution is 0.102. The van der Waals surface area contributed by atoms with E-state index in [0.29, 0.717) is 17.9 Å². The second-order valence-electron chi connectivity index (χ2n) is 7.23. The summed E-state index contributed by atoms with van der Waals surface area (Å²) in [7, 11) is -7.40. The average Bonchev–Trinajstić information content (AvgIpc) is 2.80. The van der Waals surface area contributed by atoms with Gasteiger partial charge in [0.05, 0.1) is 9.79 Å². The summed E-state index contributed by atoms with van der Waals surface area (Å²) in [5.74, 6) is -0.457. The Bertz CT molecular complexity index is 1310. The highest BCUT2D eigenvalue weighted by Gasteiger charge is 2.16. The molecular weight excluding hydrogens is 462 g/mol. The van der Waals surface area contributed by atoms with Gasteiger partial charge in [-0.25, -0.2) is 21.6 Å². The van der Waals surface area contributed by atoms with Gasteiger partial charge in [0.2, 0.25) is 10.0 Å². The van der Waals surface area contributed by atoms with E-state index >= 15 is 0 Å². The zero-order valence-corrected chi connectivity index (χ0v) is 19.6. The van der Waals surface area contributed by atoms with Gasteiger partial charge >= 0.3 is 0 Å². The lowest BCUT2D eigenvalue weighted by Gasteiger charge is -2.10. The van der Waals surface area contributed by atoms with Crippen LogP contribution in [-0.2, 0) is 20.0 Å². The van der Waals surface area contributed by atoms with Gasteiger partial charge < -0.3 is 5.32 Å². The fraction of sp³-hybridized carbons (Fsp3) is 0.174. The van der Waals surface area contributed by atoms with Crippen molar-refractivity contribution in [2.75, 3.05) is 16.6 Å². The van der Waals surface area contributed by atoms with Gasteiger partial charge in [0, 0.05) is 23.5 Å². The van der Waals surface area contributed by atoms with Crippen LogP contribution >= 0.6 is 0 Å². The van der Waals surface area contributed by atoms with Crippen LogP contribution in [0.15, 0.2) is 88.7 Å². The second kappa shape index (κ2) is 10.6. The Morgan fingerprint density at radius 2 is 1.42 bits per heavy atom. The molecule has 3 aromatic carbocycles. The molecule has 0 aliphatic carbocycles. The number of rotatable bonds is 10. The van der Waals surface area contributed by atoms with Crippen LogP contribution in [0.5, 0.6) is 0 Å². The van der Waals surface area contributed by atoms with E-state index in [0.717, 1.165) is 12.8 Å². The highest BCUT2D eigenvalue weighted by Crippen LogP contribution is 2.19. The van der Waals surface area contributed by atoms with Gasteiger partial charge in [-0.15, -0.1) is 0 Å². The van der Waals surface area contributed by atoms with Crippen molar-refractivity contribution in [1.29, 1.82) is 0 Å². The van der Waals surface area contributed by atoms with Gasteiger partial charge in [-0.05, 0) is 61.0 Å². The summed E-state index contributed by atoms with van der Waals surface area (Å²) >= 11 is 0. The number of benzene rings is 3. The number of hydrogen-bond donors (Lipinski definition) is 3. The maximum atomic E-state index is 12.6. The maximum Gasteiger partial charge on any atom is 0.261 e. The summed E-state index contributed by atoms with van der Waals surface area (Å²) in [4.78, 5) is 12.8. The molecule has 0 heterocycles. The van der Waals surface area contributed by atoms with Crippen molar-refractivity contribution in [3.8, 4) is 0 Å². The normalized spacial score (nSPS) is 11.7. The molecule has 0 fully saturated rings. The van der Waals surface area contributed by atoms with E-state index in [9.17, 15) is 21.6 Å². The van der Waals surface area contributed by atoms with Crippen LogP contribution in [0.2, 0.25) is 0 Å². The molecule has 0 saturated heterocycles. The number of carbonyl (C=O) groups is 1. The maximum absolute atomic E-state index is 12.6. The molecule has 33 heavy (non-hydrogen) atoms. The molecule has 0 unspecified atom stereocenters. The lowest BCUT2D eigenvalue weighted by Crippen LogP contribution is -2.24. The van der Waals surface area contributed by atoms with E-state index < -0.39 is 26.0 Å². The molecule has 0 bridgehead atoms. The van der Waals surface area contributed by atoms with Gasteiger partial charge in [-0.2, -0.15) is 0 Å².